The lowest BCUT2D eigenvalue weighted by Crippen LogP contribution is -2.29. The number of ether oxygens (including phenoxy) is 2. The number of halogens is 4. The van der Waals surface area contributed by atoms with E-state index in [1.807, 2.05) is 145 Å². The van der Waals surface area contributed by atoms with E-state index in [1.54, 1.807) is 134 Å². The van der Waals surface area contributed by atoms with Gasteiger partial charge in [-0.05, 0) is 244 Å². The molecule has 4 aromatic heterocycles. The summed E-state index contributed by atoms with van der Waals surface area (Å²) in [6.07, 6.45) is 8.14. The van der Waals surface area contributed by atoms with E-state index in [-0.39, 0.29) is 47.4 Å². The lowest BCUT2D eigenvalue weighted by atomic mass is 10.0. The maximum absolute atomic E-state index is 13.2. The Labute approximate surface area is 737 Å². The third kappa shape index (κ3) is 22.7. The number of furan rings is 4. The van der Waals surface area contributed by atoms with E-state index in [9.17, 15) is 58.8 Å². The highest BCUT2D eigenvalue weighted by Crippen LogP contribution is 2.40. The Balaban J connectivity index is 0.000000144. The van der Waals surface area contributed by atoms with Gasteiger partial charge in [0.2, 0.25) is 10.0 Å². The topological polar surface area (TPSA) is 352 Å². The third-order valence-corrected chi connectivity index (χ3v) is 22.2. The predicted octanol–water partition coefficient (Wildman–Crippen LogP) is 19.8. The van der Waals surface area contributed by atoms with Crippen LogP contribution in [0.5, 0.6) is 0 Å². The molecule has 4 aliphatic heterocycles. The smallest absolute Gasteiger partial charge is 0.467 e. The normalized spacial score (nSPS) is 16.1. The number of aryl methyl sites for hydroxylation is 3. The molecule has 4 N–H and O–H groups in total. The molecule has 16 rings (SSSR count). The molecule has 126 heavy (non-hydrogen) atoms. The van der Waals surface area contributed by atoms with Crippen molar-refractivity contribution in [2.45, 2.75) is 103 Å². The van der Waals surface area contributed by atoms with Gasteiger partial charge in [-0.15, -0.1) is 0 Å². The number of rotatable bonds is 18. The van der Waals surface area contributed by atoms with Crippen LogP contribution in [0.1, 0.15) is 174 Å². The quantitative estimate of drug-likeness (QED) is 0.0580. The molecule has 8 aromatic carbocycles. The van der Waals surface area contributed by atoms with Crippen molar-refractivity contribution in [1.29, 1.82) is 0 Å². The van der Waals surface area contributed by atoms with Gasteiger partial charge in [0, 0.05) is 74.3 Å². The molecule has 0 saturated carbocycles. The molecule has 0 spiro atoms. The first-order valence-electron chi connectivity index (χ1n) is 39.2. The van der Waals surface area contributed by atoms with Gasteiger partial charge in [0.05, 0.1) is 61.3 Å². The minimum Gasteiger partial charge on any atom is -0.467 e. The SMILES string of the molecule is COC(=O)Nc1ccc(C2=NN(C(=O)c3ccc(C)cc3)C(c3ccco3)C2)cc1.CS(=O)(=O)Nc1ccc(C2=NN(C(=O)c3ccc(I)cc3)C(c3ccco3)C2)cc1.Cc1ccc(C(=O)N2N=C(c3ccc(NC(=O)OC(C)(C)C)cc3)CC2c2ccco2)cc1.Cc1ccc(C(=O)N2N=C(c3ccc(NS(=O)(=O)C(F)(F)F)cc3)CC2c2ccco2)cc1. The van der Waals surface area contributed by atoms with Crippen LogP contribution in [0.4, 0.5) is 45.5 Å². The molecular formula is C92H84F3IN12O16S2. The van der Waals surface area contributed by atoms with E-state index in [0.717, 1.165) is 60.3 Å². The Morgan fingerprint density at radius 3 is 0.897 bits per heavy atom. The molecule has 4 atom stereocenters. The van der Waals surface area contributed by atoms with Crippen molar-refractivity contribution < 1.29 is 85.9 Å². The van der Waals surface area contributed by atoms with Gasteiger partial charge in [0.25, 0.3) is 23.6 Å². The monoisotopic (exact) mass is 1860 g/mol. The molecule has 0 radical (unpaired) electrons. The van der Waals surface area contributed by atoms with Crippen molar-refractivity contribution in [2.24, 2.45) is 20.4 Å². The lowest BCUT2D eigenvalue weighted by Gasteiger charge is -2.20. The number of hydrogen-bond donors (Lipinski definition) is 4. The highest BCUT2D eigenvalue weighted by molar-refractivity contribution is 14.1. The van der Waals surface area contributed by atoms with Crippen molar-refractivity contribution in [1.82, 2.24) is 20.0 Å². The molecule has 6 amide bonds. The molecule has 648 valence electrons. The molecule has 4 aliphatic rings. The van der Waals surface area contributed by atoms with Gasteiger partial charge in [-0.2, -0.15) is 42.0 Å². The summed E-state index contributed by atoms with van der Waals surface area (Å²) >= 11 is 2.19. The van der Waals surface area contributed by atoms with Crippen LogP contribution in [-0.2, 0) is 29.5 Å². The van der Waals surface area contributed by atoms with Gasteiger partial charge in [0.15, 0.2) is 0 Å². The average Bonchev–Trinajstić information content (AvgIpc) is 1.65. The van der Waals surface area contributed by atoms with Crippen molar-refractivity contribution in [3.8, 4) is 0 Å². The van der Waals surface area contributed by atoms with E-state index in [4.69, 9.17) is 22.4 Å². The Morgan fingerprint density at radius 1 is 0.389 bits per heavy atom. The Morgan fingerprint density at radius 2 is 0.651 bits per heavy atom. The molecule has 0 fully saturated rings. The number of carbonyl (C=O) groups is 6. The number of nitrogens with one attached hydrogen (secondary N) is 4. The fraction of sp³-hybridized carbons (Fsp3) is 0.196. The predicted molar refractivity (Wildman–Crippen MR) is 477 cm³/mol. The number of nitrogens with zero attached hydrogens (tertiary/aromatic N) is 8. The number of sulfonamides is 2. The fourth-order valence-corrected chi connectivity index (χ4v) is 15.0. The van der Waals surface area contributed by atoms with Gasteiger partial charge >= 0.3 is 27.7 Å². The van der Waals surface area contributed by atoms with Crippen LogP contribution in [0.3, 0.4) is 0 Å². The van der Waals surface area contributed by atoms with Gasteiger partial charge in [-0.25, -0.2) is 38.0 Å². The fourth-order valence-electron chi connectivity index (χ4n) is 13.5. The van der Waals surface area contributed by atoms with Crippen LogP contribution >= 0.6 is 22.6 Å². The first-order chi connectivity index (χ1) is 60.1. The molecular weight excluding hydrogens is 1780 g/mol. The second kappa shape index (κ2) is 38.8. The van der Waals surface area contributed by atoms with Gasteiger partial charge in [0.1, 0.15) is 52.8 Å². The summed E-state index contributed by atoms with van der Waals surface area (Å²) in [6, 6.07) is 68.8. The number of carbonyl (C=O) groups excluding carboxylic acids is 6. The van der Waals surface area contributed by atoms with Crippen LogP contribution in [0.2, 0.25) is 0 Å². The number of alkyl halides is 3. The molecule has 0 bridgehead atoms. The summed E-state index contributed by atoms with van der Waals surface area (Å²) in [4.78, 5) is 76.1. The average molecular weight is 1860 g/mol. The summed E-state index contributed by atoms with van der Waals surface area (Å²) in [7, 11) is -7.56. The first-order valence-corrected chi connectivity index (χ1v) is 43.6. The van der Waals surface area contributed by atoms with Crippen LogP contribution in [0.15, 0.2) is 306 Å². The number of methoxy groups -OCH3 is 1. The number of anilines is 4. The molecule has 4 unspecified atom stereocenters. The number of amides is 6. The number of hydrazone groups is 4. The Kier molecular flexibility index (Phi) is 27.7. The van der Waals surface area contributed by atoms with Crippen LogP contribution in [0, 0.1) is 24.3 Å². The summed E-state index contributed by atoms with van der Waals surface area (Å²) < 4.78 is 120. The van der Waals surface area contributed by atoms with Gasteiger partial charge in [-0.1, -0.05) is 102 Å². The minimum atomic E-state index is -5.52. The summed E-state index contributed by atoms with van der Waals surface area (Å²) in [6.45, 7) is 11.3. The van der Waals surface area contributed by atoms with E-state index in [1.165, 1.54) is 62.4 Å². The van der Waals surface area contributed by atoms with Crippen LogP contribution in [-0.4, -0.2) is 120 Å². The highest BCUT2D eigenvalue weighted by Gasteiger charge is 2.46. The Hall–Kier alpha value is -14.0. The molecule has 28 nitrogen and oxygen atoms in total. The largest absolute Gasteiger partial charge is 0.516 e. The van der Waals surface area contributed by atoms with E-state index >= 15 is 0 Å². The van der Waals surface area contributed by atoms with E-state index < -0.39 is 49.4 Å². The maximum atomic E-state index is 13.2. The highest BCUT2D eigenvalue weighted by atomic mass is 127. The van der Waals surface area contributed by atoms with Gasteiger partial charge in [-0.3, -0.25) is 39.3 Å². The zero-order chi connectivity index (χ0) is 89.8. The van der Waals surface area contributed by atoms with E-state index in [0.29, 0.717) is 99.3 Å². The molecule has 12 aromatic rings. The lowest BCUT2D eigenvalue weighted by molar-refractivity contribution is -0.0429. The van der Waals surface area contributed by atoms with Crippen molar-refractivity contribution >= 4 is 124 Å². The van der Waals surface area contributed by atoms with Crippen molar-refractivity contribution in [2.75, 3.05) is 33.4 Å². The summed E-state index contributed by atoms with van der Waals surface area (Å²) in [5.41, 5.74) is 6.56. The third-order valence-electron chi connectivity index (χ3n) is 19.8. The maximum Gasteiger partial charge on any atom is 0.516 e. The molecule has 34 heteroatoms. The molecule has 0 aliphatic carbocycles. The van der Waals surface area contributed by atoms with Crippen molar-refractivity contribution in [3.05, 3.63) is 356 Å². The van der Waals surface area contributed by atoms with E-state index in [2.05, 4.69) is 63.1 Å². The Bertz CT molecular complexity index is 6240. The summed E-state index contributed by atoms with van der Waals surface area (Å²) in [5.74, 6) is 1.63. The summed E-state index contributed by atoms with van der Waals surface area (Å²) in [5, 5.41) is 29.4. The minimum absolute atomic E-state index is 0.185. The second-order valence-corrected chi connectivity index (χ2v) is 35.0. The second-order valence-electron chi connectivity index (χ2n) is 30.3. The van der Waals surface area contributed by atoms with Crippen LogP contribution in [0.25, 0.3) is 0 Å². The number of benzene rings is 8. The molecule has 0 saturated heterocycles. The zero-order valence-electron chi connectivity index (χ0n) is 69.0. The standard InChI is InChI=1S/C26H27N3O4.C23H21N3O4.C22H18F3N3O4S.C21H18IN3O4S/c1-17-7-9-19(10-8-17)24(30)29-22(23-6-5-15-32-23)16-21(28-29)18-11-13-20(14-12-18)27-25(31)33-26(2,3)4;1-15-5-7-17(8-6-15)22(27)26-20(21-4-3-13-30-21)14-19(25-26)16-9-11-18(12-10-16)24-23(28)29-2;1-14-4-6-16(7-5-14)21(29)28-19(20-3-2-12-32-20)13-18(26-28)15-8-10-17(11-9-15)27-33(30,31)22(23,24)25;1-30(27,28)24-17-10-6-14(7-11-17)18-13-19(20-3-2-12-29-20)25(23-18)21(26)15-4-8-16(22)9-5-15/h5-15,22H,16H2,1-4H3,(H,27,31);3-13,20H,14H2,1-2H3,(H,24,28);2-12,19,27H,13H2,1H3;2-12,19,24H,13H2,1H3. The zero-order valence-corrected chi connectivity index (χ0v) is 72.8. The first kappa shape index (κ1) is 89.7. The molecule has 8 heterocycles. The number of hydrogen-bond acceptors (Lipinski definition) is 20. The van der Waals surface area contributed by atoms with Crippen molar-refractivity contribution in [3.63, 3.8) is 0 Å². The van der Waals surface area contributed by atoms with Gasteiger partial charge < -0.3 is 27.1 Å². The van der Waals surface area contributed by atoms with Crippen LogP contribution < -0.4 is 20.1 Å².